The SMILES string of the molecule is COc1ccc(CCN(C)C(=O)c2cccc3c2OCCO3)cc1OC. The van der Waals surface area contributed by atoms with E-state index in [4.69, 9.17) is 18.9 Å². The van der Waals surface area contributed by atoms with Crippen LogP contribution in [0.2, 0.25) is 0 Å². The van der Waals surface area contributed by atoms with E-state index in [0.717, 1.165) is 5.56 Å². The van der Waals surface area contributed by atoms with Gasteiger partial charge in [0.15, 0.2) is 23.0 Å². The van der Waals surface area contributed by atoms with Crippen LogP contribution < -0.4 is 18.9 Å². The molecule has 0 fully saturated rings. The molecular formula is C20H23NO5. The molecule has 0 atom stereocenters. The van der Waals surface area contributed by atoms with Crippen LogP contribution >= 0.6 is 0 Å². The van der Waals surface area contributed by atoms with E-state index < -0.39 is 0 Å². The minimum absolute atomic E-state index is 0.0900. The zero-order chi connectivity index (χ0) is 18.5. The molecule has 1 amide bonds. The molecule has 2 aromatic carbocycles. The Morgan fingerprint density at radius 3 is 2.62 bits per heavy atom. The minimum Gasteiger partial charge on any atom is -0.493 e. The van der Waals surface area contributed by atoms with Gasteiger partial charge in [0.05, 0.1) is 19.8 Å². The molecule has 26 heavy (non-hydrogen) atoms. The first-order valence-electron chi connectivity index (χ1n) is 8.49. The van der Waals surface area contributed by atoms with E-state index in [-0.39, 0.29) is 5.91 Å². The molecule has 0 saturated carbocycles. The van der Waals surface area contributed by atoms with E-state index in [1.54, 1.807) is 32.2 Å². The van der Waals surface area contributed by atoms with Gasteiger partial charge in [0.2, 0.25) is 0 Å². The standard InChI is InChI=1S/C20H23NO5/c1-21(10-9-14-7-8-16(23-2)18(13-14)24-3)20(22)15-5-4-6-17-19(15)26-12-11-25-17/h4-8,13H,9-12H2,1-3H3. The van der Waals surface area contributed by atoms with Gasteiger partial charge in [0, 0.05) is 13.6 Å². The number of para-hydroxylation sites is 1. The van der Waals surface area contributed by atoms with Crippen LogP contribution in [-0.4, -0.2) is 51.8 Å². The number of nitrogens with zero attached hydrogens (tertiary/aromatic N) is 1. The molecule has 0 saturated heterocycles. The maximum absolute atomic E-state index is 12.8. The van der Waals surface area contributed by atoms with Crippen LogP contribution in [0.3, 0.4) is 0 Å². The van der Waals surface area contributed by atoms with E-state index in [0.29, 0.717) is 54.7 Å². The highest BCUT2D eigenvalue weighted by atomic mass is 16.6. The molecule has 1 aliphatic heterocycles. The van der Waals surface area contributed by atoms with Crippen molar-refractivity contribution in [2.24, 2.45) is 0 Å². The van der Waals surface area contributed by atoms with Crippen molar-refractivity contribution >= 4 is 5.91 Å². The van der Waals surface area contributed by atoms with Crippen LogP contribution in [0, 0.1) is 0 Å². The highest BCUT2D eigenvalue weighted by molar-refractivity contribution is 5.97. The van der Waals surface area contributed by atoms with Crippen LogP contribution in [0.4, 0.5) is 0 Å². The van der Waals surface area contributed by atoms with Crippen molar-refractivity contribution in [2.75, 3.05) is 41.0 Å². The Balaban J connectivity index is 1.69. The molecule has 0 bridgehead atoms. The summed E-state index contributed by atoms with van der Waals surface area (Å²) in [7, 11) is 5.00. The third-order valence-electron chi connectivity index (χ3n) is 4.33. The largest absolute Gasteiger partial charge is 0.493 e. The second-order valence-electron chi connectivity index (χ2n) is 6.00. The Kier molecular flexibility index (Phi) is 5.51. The summed E-state index contributed by atoms with van der Waals surface area (Å²) in [6, 6.07) is 11.2. The molecule has 2 aromatic rings. The number of hydrogen-bond acceptors (Lipinski definition) is 5. The number of ether oxygens (including phenoxy) is 4. The lowest BCUT2D eigenvalue weighted by Crippen LogP contribution is -2.30. The lowest BCUT2D eigenvalue weighted by molar-refractivity contribution is 0.0786. The van der Waals surface area contributed by atoms with Gasteiger partial charge in [-0.1, -0.05) is 12.1 Å². The van der Waals surface area contributed by atoms with Crippen LogP contribution in [0.15, 0.2) is 36.4 Å². The second kappa shape index (κ2) is 7.99. The molecule has 0 radical (unpaired) electrons. The summed E-state index contributed by atoms with van der Waals surface area (Å²) >= 11 is 0. The van der Waals surface area contributed by atoms with Crippen molar-refractivity contribution in [3.8, 4) is 23.0 Å². The topological polar surface area (TPSA) is 57.2 Å². The van der Waals surface area contributed by atoms with Gasteiger partial charge in [-0.3, -0.25) is 4.79 Å². The van der Waals surface area contributed by atoms with Gasteiger partial charge >= 0.3 is 0 Å². The summed E-state index contributed by atoms with van der Waals surface area (Å²) in [6.07, 6.45) is 0.703. The molecule has 1 heterocycles. The molecular weight excluding hydrogens is 334 g/mol. The first-order valence-corrected chi connectivity index (χ1v) is 8.49. The predicted molar refractivity (Wildman–Crippen MR) is 97.6 cm³/mol. The van der Waals surface area contributed by atoms with E-state index in [9.17, 15) is 4.79 Å². The smallest absolute Gasteiger partial charge is 0.257 e. The fraction of sp³-hybridized carbons (Fsp3) is 0.350. The lowest BCUT2D eigenvalue weighted by atomic mass is 10.1. The van der Waals surface area contributed by atoms with Crippen LogP contribution in [0.5, 0.6) is 23.0 Å². The number of amides is 1. The number of carbonyl (C=O) groups excluding carboxylic acids is 1. The average Bonchev–Trinajstić information content (AvgIpc) is 2.70. The number of hydrogen-bond donors (Lipinski definition) is 0. The van der Waals surface area contributed by atoms with Gasteiger partial charge in [-0.05, 0) is 36.2 Å². The summed E-state index contributed by atoms with van der Waals surface area (Å²) in [5, 5.41) is 0. The first kappa shape index (κ1) is 17.9. The molecule has 0 unspecified atom stereocenters. The summed E-state index contributed by atoms with van der Waals surface area (Å²) < 4.78 is 21.8. The number of fused-ring (bicyclic) bond motifs is 1. The van der Waals surface area contributed by atoms with Crippen molar-refractivity contribution in [3.63, 3.8) is 0 Å². The van der Waals surface area contributed by atoms with Crippen LogP contribution in [0.25, 0.3) is 0 Å². The van der Waals surface area contributed by atoms with Gasteiger partial charge in [0.1, 0.15) is 13.2 Å². The van der Waals surface area contributed by atoms with Crippen LogP contribution in [0.1, 0.15) is 15.9 Å². The zero-order valence-corrected chi connectivity index (χ0v) is 15.3. The van der Waals surface area contributed by atoms with E-state index in [1.807, 2.05) is 30.3 Å². The second-order valence-corrected chi connectivity index (χ2v) is 6.00. The Hall–Kier alpha value is -2.89. The van der Waals surface area contributed by atoms with Crippen molar-refractivity contribution in [1.29, 1.82) is 0 Å². The van der Waals surface area contributed by atoms with Crippen molar-refractivity contribution < 1.29 is 23.7 Å². The quantitative estimate of drug-likeness (QED) is 0.796. The molecule has 6 heteroatoms. The van der Waals surface area contributed by atoms with Crippen molar-refractivity contribution in [3.05, 3.63) is 47.5 Å². The number of carbonyl (C=O) groups is 1. The van der Waals surface area contributed by atoms with Crippen molar-refractivity contribution in [1.82, 2.24) is 4.90 Å². The molecule has 138 valence electrons. The Labute approximate surface area is 153 Å². The third-order valence-corrected chi connectivity index (χ3v) is 4.33. The summed E-state index contributed by atoms with van der Waals surface area (Å²) in [5.74, 6) is 2.43. The van der Waals surface area contributed by atoms with Crippen LogP contribution in [-0.2, 0) is 6.42 Å². The number of rotatable bonds is 6. The Bertz CT molecular complexity index is 790. The van der Waals surface area contributed by atoms with E-state index >= 15 is 0 Å². The Morgan fingerprint density at radius 1 is 1.08 bits per heavy atom. The Morgan fingerprint density at radius 2 is 1.85 bits per heavy atom. The average molecular weight is 357 g/mol. The fourth-order valence-corrected chi connectivity index (χ4v) is 2.88. The number of benzene rings is 2. The maximum atomic E-state index is 12.8. The fourth-order valence-electron chi connectivity index (χ4n) is 2.88. The molecule has 3 rings (SSSR count). The predicted octanol–water partition coefficient (Wildman–Crippen LogP) is 2.79. The van der Waals surface area contributed by atoms with E-state index in [1.165, 1.54) is 0 Å². The highest BCUT2D eigenvalue weighted by Gasteiger charge is 2.22. The molecule has 1 aliphatic rings. The molecule has 0 spiro atoms. The summed E-state index contributed by atoms with van der Waals surface area (Å²) in [5.41, 5.74) is 1.59. The van der Waals surface area contributed by atoms with Gasteiger partial charge in [0.25, 0.3) is 5.91 Å². The first-order chi connectivity index (χ1) is 12.6. The van der Waals surface area contributed by atoms with Gasteiger partial charge in [-0.2, -0.15) is 0 Å². The summed E-state index contributed by atoms with van der Waals surface area (Å²) in [4.78, 5) is 14.5. The maximum Gasteiger partial charge on any atom is 0.257 e. The molecule has 0 N–H and O–H groups in total. The summed E-state index contributed by atoms with van der Waals surface area (Å²) in [6.45, 7) is 1.52. The molecule has 0 aromatic heterocycles. The third kappa shape index (κ3) is 3.69. The molecule has 6 nitrogen and oxygen atoms in total. The zero-order valence-electron chi connectivity index (χ0n) is 15.3. The monoisotopic (exact) mass is 357 g/mol. The number of methoxy groups -OCH3 is 2. The normalized spacial score (nSPS) is 12.4. The lowest BCUT2D eigenvalue weighted by Gasteiger charge is -2.23. The molecule has 0 aliphatic carbocycles. The minimum atomic E-state index is -0.0900. The van der Waals surface area contributed by atoms with Gasteiger partial charge in [-0.15, -0.1) is 0 Å². The number of likely N-dealkylation sites (N-methyl/N-ethyl adjacent to an activating group) is 1. The van der Waals surface area contributed by atoms with Crippen molar-refractivity contribution in [2.45, 2.75) is 6.42 Å². The highest BCUT2D eigenvalue weighted by Crippen LogP contribution is 2.34. The van der Waals surface area contributed by atoms with E-state index in [2.05, 4.69) is 0 Å². The van der Waals surface area contributed by atoms with Gasteiger partial charge in [-0.25, -0.2) is 0 Å². The van der Waals surface area contributed by atoms with Gasteiger partial charge < -0.3 is 23.8 Å².